The van der Waals surface area contributed by atoms with Gasteiger partial charge in [-0.3, -0.25) is 4.79 Å². The lowest BCUT2D eigenvalue weighted by atomic mass is 9.55. The topological polar surface area (TPSA) is 37.3 Å². The molecule has 0 heterocycles. The molecule has 0 radical (unpaired) electrons. The molecule has 2 saturated carbocycles. The fraction of sp³-hybridized carbons (Fsp3) is 0.550. The predicted octanol–water partition coefficient (Wildman–Crippen LogP) is 4.83. The summed E-state index contributed by atoms with van der Waals surface area (Å²) in [5, 5.41) is 9.70. The molecule has 3 aliphatic carbocycles. The van der Waals surface area contributed by atoms with Crippen molar-refractivity contribution in [3.63, 3.8) is 0 Å². The Bertz CT molecular complexity index is 672. The van der Waals surface area contributed by atoms with Gasteiger partial charge in [0.2, 0.25) is 0 Å². The summed E-state index contributed by atoms with van der Waals surface area (Å²) in [6.07, 6.45) is 7.82. The second-order valence-electron chi connectivity index (χ2n) is 7.58. The minimum atomic E-state index is 0.211. The zero-order valence-electron chi connectivity index (χ0n) is 13.4. The number of ketones is 1. The van der Waals surface area contributed by atoms with Crippen molar-refractivity contribution in [1.29, 1.82) is 0 Å². The molecule has 0 bridgehead atoms. The number of phenols is 1. The summed E-state index contributed by atoms with van der Waals surface area (Å²) in [6, 6.07) is 5.41. The summed E-state index contributed by atoms with van der Waals surface area (Å²) in [6.45, 7) is 4.59. The lowest BCUT2D eigenvalue weighted by molar-refractivity contribution is 0.0652. The Morgan fingerprint density at radius 1 is 1.32 bits per heavy atom. The SMILES string of the molecule is C/C=C1/CCC2C3CC(=O)c4cc(O)ccc4C3CC[C@]12C. The van der Waals surface area contributed by atoms with Crippen molar-refractivity contribution in [2.45, 2.75) is 51.9 Å². The van der Waals surface area contributed by atoms with Crippen LogP contribution in [0.15, 0.2) is 29.8 Å². The van der Waals surface area contributed by atoms with Crippen LogP contribution in [0.2, 0.25) is 0 Å². The van der Waals surface area contributed by atoms with Gasteiger partial charge in [0, 0.05) is 12.0 Å². The first-order valence-corrected chi connectivity index (χ1v) is 8.56. The number of carbonyl (C=O) groups is 1. The first-order valence-electron chi connectivity index (χ1n) is 8.56. The van der Waals surface area contributed by atoms with Gasteiger partial charge in [-0.05, 0) is 73.5 Å². The molecule has 4 rings (SSSR count). The third-order valence-electron chi connectivity index (χ3n) is 6.79. The largest absolute Gasteiger partial charge is 0.508 e. The van der Waals surface area contributed by atoms with Crippen LogP contribution in [0.4, 0.5) is 0 Å². The number of rotatable bonds is 0. The molecular formula is C20H24O2. The van der Waals surface area contributed by atoms with E-state index in [0.717, 1.165) is 5.56 Å². The van der Waals surface area contributed by atoms with Crippen molar-refractivity contribution in [1.82, 2.24) is 0 Å². The molecule has 116 valence electrons. The Kier molecular flexibility index (Phi) is 3.01. The van der Waals surface area contributed by atoms with Gasteiger partial charge in [-0.2, -0.15) is 0 Å². The summed E-state index contributed by atoms with van der Waals surface area (Å²) < 4.78 is 0. The van der Waals surface area contributed by atoms with Crippen molar-refractivity contribution in [2.24, 2.45) is 17.3 Å². The number of carbonyl (C=O) groups excluding carboxylic acids is 1. The molecule has 1 aromatic rings. The lowest BCUT2D eigenvalue weighted by Gasteiger charge is -2.49. The van der Waals surface area contributed by atoms with Crippen LogP contribution in [0.25, 0.3) is 0 Å². The smallest absolute Gasteiger partial charge is 0.163 e. The Balaban J connectivity index is 1.77. The van der Waals surface area contributed by atoms with Crippen LogP contribution in [-0.4, -0.2) is 10.9 Å². The van der Waals surface area contributed by atoms with Crippen molar-refractivity contribution in [2.75, 3.05) is 0 Å². The van der Waals surface area contributed by atoms with Gasteiger partial charge in [0.15, 0.2) is 5.78 Å². The number of hydrogen-bond donors (Lipinski definition) is 1. The maximum absolute atomic E-state index is 12.6. The molecule has 22 heavy (non-hydrogen) atoms. The number of benzene rings is 1. The predicted molar refractivity (Wildman–Crippen MR) is 87.1 cm³/mol. The highest BCUT2D eigenvalue weighted by Gasteiger charge is 2.53. The summed E-state index contributed by atoms with van der Waals surface area (Å²) in [5.41, 5.74) is 3.88. The maximum Gasteiger partial charge on any atom is 0.163 e. The molecule has 0 aliphatic heterocycles. The maximum atomic E-state index is 12.6. The van der Waals surface area contributed by atoms with E-state index in [1.54, 1.807) is 17.7 Å². The zero-order valence-corrected chi connectivity index (χ0v) is 13.4. The fourth-order valence-electron chi connectivity index (χ4n) is 5.71. The molecule has 1 N–H and O–H groups in total. The number of fused-ring (bicyclic) bond motifs is 5. The second-order valence-corrected chi connectivity index (χ2v) is 7.58. The lowest BCUT2D eigenvalue weighted by Crippen LogP contribution is -2.41. The third kappa shape index (κ3) is 1.76. The van der Waals surface area contributed by atoms with E-state index in [4.69, 9.17) is 0 Å². The molecular weight excluding hydrogens is 272 g/mol. The molecule has 2 heteroatoms. The van der Waals surface area contributed by atoms with Gasteiger partial charge >= 0.3 is 0 Å². The highest BCUT2D eigenvalue weighted by atomic mass is 16.3. The number of phenolic OH excluding ortho intramolecular Hbond substituents is 1. The van der Waals surface area contributed by atoms with E-state index in [1.807, 2.05) is 6.07 Å². The quantitative estimate of drug-likeness (QED) is 0.696. The summed E-state index contributed by atoms with van der Waals surface area (Å²) in [4.78, 5) is 12.6. The number of hydrogen-bond acceptors (Lipinski definition) is 2. The molecule has 3 unspecified atom stereocenters. The molecule has 1 aromatic carbocycles. The third-order valence-corrected chi connectivity index (χ3v) is 6.79. The van der Waals surface area contributed by atoms with Crippen LogP contribution in [0.5, 0.6) is 5.75 Å². The normalized spacial score (nSPS) is 38.5. The van der Waals surface area contributed by atoms with E-state index in [9.17, 15) is 9.90 Å². The summed E-state index contributed by atoms with van der Waals surface area (Å²) in [7, 11) is 0. The van der Waals surface area contributed by atoms with Gasteiger partial charge in [-0.25, -0.2) is 0 Å². The molecule has 0 amide bonds. The van der Waals surface area contributed by atoms with Crippen LogP contribution in [-0.2, 0) is 0 Å². The van der Waals surface area contributed by atoms with E-state index in [1.165, 1.54) is 31.2 Å². The van der Waals surface area contributed by atoms with Crippen LogP contribution in [0.3, 0.4) is 0 Å². The number of allylic oxidation sites excluding steroid dienone is 2. The van der Waals surface area contributed by atoms with Gasteiger partial charge in [-0.1, -0.05) is 24.6 Å². The highest BCUT2D eigenvalue weighted by Crippen LogP contribution is 2.62. The van der Waals surface area contributed by atoms with Gasteiger partial charge in [0.1, 0.15) is 5.75 Å². The minimum absolute atomic E-state index is 0.211. The van der Waals surface area contributed by atoms with Crippen molar-refractivity contribution in [3.8, 4) is 5.75 Å². The Morgan fingerprint density at radius 3 is 2.91 bits per heavy atom. The molecule has 3 aliphatic rings. The van der Waals surface area contributed by atoms with Crippen LogP contribution >= 0.6 is 0 Å². The Morgan fingerprint density at radius 2 is 2.14 bits per heavy atom. The van der Waals surface area contributed by atoms with E-state index >= 15 is 0 Å². The first-order chi connectivity index (χ1) is 10.5. The minimum Gasteiger partial charge on any atom is -0.508 e. The van der Waals surface area contributed by atoms with Gasteiger partial charge in [0.05, 0.1) is 0 Å². The molecule has 0 spiro atoms. The number of aromatic hydroxyl groups is 1. The highest BCUT2D eigenvalue weighted by molar-refractivity contribution is 5.99. The molecule has 2 nitrogen and oxygen atoms in total. The fourth-order valence-corrected chi connectivity index (χ4v) is 5.71. The van der Waals surface area contributed by atoms with Crippen LogP contribution in [0, 0.1) is 17.3 Å². The van der Waals surface area contributed by atoms with E-state index < -0.39 is 0 Å². The monoisotopic (exact) mass is 296 g/mol. The van der Waals surface area contributed by atoms with Crippen molar-refractivity contribution in [3.05, 3.63) is 41.0 Å². The van der Waals surface area contributed by atoms with E-state index in [2.05, 4.69) is 19.9 Å². The van der Waals surface area contributed by atoms with Gasteiger partial charge in [0.25, 0.3) is 0 Å². The van der Waals surface area contributed by atoms with Crippen LogP contribution < -0.4 is 0 Å². The zero-order chi connectivity index (χ0) is 15.5. The molecule has 2 fully saturated rings. The van der Waals surface area contributed by atoms with E-state index in [-0.39, 0.29) is 11.5 Å². The second kappa shape index (κ2) is 4.71. The Hall–Kier alpha value is -1.57. The average Bonchev–Trinajstić information content (AvgIpc) is 2.84. The first kappa shape index (κ1) is 14.0. The standard InChI is InChI=1S/C20H24O2/c1-3-12-4-7-18-16-11-19(22)17-10-13(21)5-6-14(17)15(16)8-9-20(12,18)2/h3,5-6,10,15-16,18,21H,4,7-9,11H2,1-2H3/b12-3-/t15?,16?,18?,20-/m1/s1. The Labute approximate surface area is 132 Å². The molecule has 0 saturated heterocycles. The summed E-state index contributed by atoms with van der Waals surface area (Å²) >= 11 is 0. The van der Waals surface area contributed by atoms with Crippen LogP contribution in [0.1, 0.15) is 67.8 Å². The van der Waals surface area contributed by atoms with Crippen molar-refractivity contribution >= 4 is 5.78 Å². The molecule has 4 atom stereocenters. The average molecular weight is 296 g/mol. The molecule has 0 aromatic heterocycles. The summed E-state index contributed by atoms with van der Waals surface area (Å²) in [5.74, 6) is 2.07. The van der Waals surface area contributed by atoms with E-state index in [0.29, 0.717) is 29.6 Å². The van der Waals surface area contributed by atoms with Gasteiger partial charge in [-0.15, -0.1) is 0 Å². The van der Waals surface area contributed by atoms with Crippen molar-refractivity contribution < 1.29 is 9.90 Å². The number of Topliss-reactive ketones (excluding diaryl/α,β-unsaturated/α-hetero) is 1. The van der Waals surface area contributed by atoms with Gasteiger partial charge < -0.3 is 5.11 Å².